The molecular weight excluding hydrogens is 310 g/mol. The van der Waals surface area contributed by atoms with Gasteiger partial charge in [0.1, 0.15) is 18.2 Å². The van der Waals surface area contributed by atoms with Crippen LogP contribution in [0.5, 0.6) is 0 Å². The zero-order chi connectivity index (χ0) is 17.7. The SMILES string of the molecule is CC(C)(C)OC(=O)N1C(=O)CCC[C@H]1C(=O)OCc1ccccc1. The fraction of sp³-hybridized carbons (Fsp3) is 0.500. The largest absolute Gasteiger partial charge is 0.459 e. The summed E-state index contributed by atoms with van der Waals surface area (Å²) in [7, 11) is 0. The van der Waals surface area contributed by atoms with Crippen LogP contribution in [0.25, 0.3) is 0 Å². The van der Waals surface area contributed by atoms with Crippen molar-refractivity contribution in [3.05, 3.63) is 35.9 Å². The fourth-order valence-electron chi connectivity index (χ4n) is 2.46. The number of ether oxygens (including phenoxy) is 2. The van der Waals surface area contributed by atoms with Gasteiger partial charge in [0.05, 0.1) is 0 Å². The van der Waals surface area contributed by atoms with Gasteiger partial charge >= 0.3 is 12.1 Å². The summed E-state index contributed by atoms with van der Waals surface area (Å²) >= 11 is 0. The van der Waals surface area contributed by atoms with E-state index in [9.17, 15) is 14.4 Å². The molecule has 24 heavy (non-hydrogen) atoms. The lowest BCUT2D eigenvalue weighted by Gasteiger charge is -2.33. The zero-order valence-electron chi connectivity index (χ0n) is 14.3. The van der Waals surface area contributed by atoms with Crippen LogP contribution in [0, 0.1) is 0 Å². The summed E-state index contributed by atoms with van der Waals surface area (Å²) in [5.41, 5.74) is 0.102. The summed E-state index contributed by atoms with van der Waals surface area (Å²) in [6.07, 6.45) is 0.359. The Morgan fingerprint density at radius 2 is 1.88 bits per heavy atom. The summed E-state index contributed by atoms with van der Waals surface area (Å²) in [6.45, 7) is 5.23. The van der Waals surface area contributed by atoms with E-state index in [1.54, 1.807) is 20.8 Å². The summed E-state index contributed by atoms with van der Waals surface area (Å²) in [5.74, 6) is -0.991. The van der Waals surface area contributed by atoms with Crippen LogP contribution in [0.4, 0.5) is 4.79 Å². The molecule has 2 rings (SSSR count). The van der Waals surface area contributed by atoms with Crippen molar-refractivity contribution in [1.29, 1.82) is 0 Å². The number of nitrogens with zero attached hydrogens (tertiary/aromatic N) is 1. The molecule has 1 atom stereocenters. The van der Waals surface area contributed by atoms with E-state index in [0.717, 1.165) is 10.5 Å². The molecule has 130 valence electrons. The van der Waals surface area contributed by atoms with E-state index >= 15 is 0 Å². The van der Waals surface area contributed by atoms with Crippen molar-refractivity contribution >= 4 is 18.0 Å². The molecule has 1 saturated heterocycles. The third kappa shape index (κ3) is 4.81. The van der Waals surface area contributed by atoms with Crippen LogP contribution in [0.3, 0.4) is 0 Å². The van der Waals surface area contributed by atoms with Gasteiger partial charge in [0, 0.05) is 6.42 Å². The number of benzene rings is 1. The molecule has 2 amide bonds. The minimum atomic E-state index is -0.926. The van der Waals surface area contributed by atoms with Gasteiger partial charge in [-0.1, -0.05) is 30.3 Å². The highest BCUT2D eigenvalue weighted by molar-refractivity contribution is 5.97. The number of rotatable bonds is 3. The summed E-state index contributed by atoms with van der Waals surface area (Å²) < 4.78 is 10.5. The van der Waals surface area contributed by atoms with Crippen LogP contribution in [0.2, 0.25) is 0 Å². The number of esters is 1. The molecule has 1 aliphatic heterocycles. The fourth-order valence-corrected chi connectivity index (χ4v) is 2.46. The number of likely N-dealkylation sites (tertiary alicyclic amines) is 1. The van der Waals surface area contributed by atoms with Gasteiger partial charge in [-0.15, -0.1) is 0 Å². The Morgan fingerprint density at radius 3 is 2.50 bits per heavy atom. The number of carbonyl (C=O) groups excluding carboxylic acids is 3. The highest BCUT2D eigenvalue weighted by Crippen LogP contribution is 2.23. The Hall–Kier alpha value is -2.37. The van der Waals surface area contributed by atoms with Gasteiger partial charge < -0.3 is 9.47 Å². The molecule has 1 fully saturated rings. The Kier molecular flexibility index (Phi) is 5.59. The summed E-state index contributed by atoms with van der Waals surface area (Å²) in [5, 5.41) is 0. The third-order valence-corrected chi connectivity index (χ3v) is 3.53. The van der Waals surface area contributed by atoms with Gasteiger partial charge in [-0.2, -0.15) is 0 Å². The predicted octanol–water partition coefficient (Wildman–Crippen LogP) is 3.05. The van der Waals surface area contributed by atoms with Gasteiger partial charge in [0.2, 0.25) is 5.91 Å². The average molecular weight is 333 g/mol. The number of hydrogen-bond donors (Lipinski definition) is 0. The first kappa shape index (κ1) is 18.0. The second-order valence-electron chi connectivity index (χ2n) is 6.75. The highest BCUT2D eigenvalue weighted by atomic mass is 16.6. The van der Waals surface area contributed by atoms with Crippen molar-refractivity contribution in [2.24, 2.45) is 0 Å². The molecule has 0 bridgehead atoms. The first-order chi connectivity index (χ1) is 11.3. The van der Waals surface area contributed by atoms with E-state index in [4.69, 9.17) is 9.47 Å². The van der Waals surface area contributed by atoms with Crippen LogP contribution in [0.15, 0.2) is 30.3 Å². The average Bonchev–Trinajstić information content (AvgIpc) is 2.51. The quantitative estimate of drug-likeness (QED) is 0.795. The standard InChI is InChI=1S/C18H23NO5/c1-18(2,3)24-17(22)19-14(10-7-11-15(19)20)16(21)23-12-13-8-5-4-6-9-13/h4-6,8-9,14H,7,10-12H2,1-3H3/t14-/m0/s1. The molecule has 1 aliphatic rings. The van der Waals surface area contributed by atoms with Crippen molar-refractivity contribution in [3.63, 3.8) is 0 Å². The van der Waals surface area contributed by atoms with E-state index in [1.807, 2.05) is 30.3 Å². The smallest absolute Gasteiger partial charge is 0.417 e. The van der Waals surface area contributed by atoms with E-state index in [-0.39, 0.29) is 13.0 Å². The van der Waals surface area contributed by atoms with Crippen molar-refractivity contribution in [2.45, 2.75) is 58.3 Å². The lowest BCUT2D eigenvalue weighted by atomic mass is 10.0. The number of carbonyl (C=O) groups is 3. The van der Waals surface area contributed by atoms with Crippen molar-refractivity contribution < 1.29 is 23.9 Å². The second-order valence-corrected chi connectivity index (χ2v) is 6.75. The Bertz CT molecular complexity index is 606. The molecule has 0 N–H and O–H groups in total. The van der Waals surface area contributed by atoms with Crippen LogP contribution < -0.4 is 0 Å². The normalized spacial score (nSPS) is 18.2. The topological polar surface area (TPSA) is 72.9 Å². The number of hydrogen-bond acceptors (Lipinski definition) is 5. The van der Waals surface area contributed by atoms with Crippen molar-refractivity contribution in [1.82, 2.24) is 4.90 Å². The van der Waals surface area contributed by atoms with Gasteiger partial charge in [-0.05, 0) is 39.2 Å². The minimum absolute atomic E-state index is 0.104. The summed E-state index contributed by atoms with van der Waals surface area (Å²) in [4.78, 5) is 37.7. The first-order valence-electron chi connectivity index (χ1n) is 8.03. The Labute approximate surface area is 141 Å². The van der Waals surface area contributed by atoms with Crippen molar-refractivity contribution in [3.8, 4) is 0 Å². The number of amides is 2. The molecule has 1 aromatic rings. The van der Waals surface area contributed by atoms with E-state index in [0.29, 0.717) is 12.8 Å². The molecule has 0 aromatic heterocycles. The van der Waals surface area contributed by atoms with Crippen LogP contribution in [0.1, 0.15) is 45.6 Å². The maximum Gasteiger partial charge on any atom is 0.417 e. The molecule has 0 aliphatic carbocycles. The number of imide groups is 1. The van der Waals surface area contributed by atoms with E-state index < -0.39 is 29.6 Å². The van der Waals surface area contributed by atoms with Gasteiger partial charge in [0.25, 0.3) is 0 Å². The van der Waals surface area contributed by atoms with E-state index in [1.165, 1.54) is 0 Å². The molecular formula is C18H23NO5. The van der Waals surface area contributed by atoms with Gasteiger partial charge in [-0.25, -0.2) is 14.5 Å². The van der Waals surface area contributed by atoms with Gasteiger partial charge in [-0.3, -0.25) is 4.79 Å². The lowest BCUT2D eigenvalue weighted by molar-refractivity contribution is -0.158. The molecule has 0 radical (unpaired) electrons. The molecule has 0 spiro atoms. The van der Waals surface area contributed by atoms with Gasteiger partial charge in [0.15, 0.2) is 0 Å². The van der Waals surface area contributed by atoms with E-state index in [2.05, 4.69) is 0 Å². The van der Waals surface area contributed by atoms with Crippen LogP contribution in [-0.4, -0.2) is 34.5 Å². The monoisotopic (exact) mass is 333 g/mol. The maximum absolute atomic E-state index is 12.4. The third-order valence-electron chi connectivity index (χ3n) is 3.53. The highest BCUT2D eigenvalue weighted by Gasteiger charge is 2.40. The molecule has 0 unspecified atom stereocenters. The van der Waals surface area contributed by atoms with Crippen LogP contribution >= 0.6 is 0 Å². The first-order valence-corrected chi connectivity index (χ1v) is 8.03. The maximum atomic E-state index is 12.4. The molecule has 1 heterocycles. The van der Waals surface area contributed by atoms with Crippen LogP contribution in [-0.2, 0) is 25.7 Å². The molecule has 0 saturated carbocycles. The molecule has 6 nitrogen and oxygen atoms in total. The number of piperidine rings is 1. The Balaban J connectivity index is 2.05. The second kappa shape index (κ2) is 7.47. The molecule has 1 aromatic carbocycles. The lowest BCUT2D eigenvalue weighted by Crippen LogP contribution is -2.53. The zero-order valence-corrected chi connectivity index (χ0v) is 14.3. The minimum Gasteiger partial charge on any atom is -0.459 e. The Morgan fingerprint density at radius 1 is 1.21 bits per heavy atom. The predicted molar refractivity (Wildman–Crippen MR) is 87.0 cm³/mol. The summed E-state index contributed by atoms with van der Waals surface area (Å²) in [6, 6.07) is 8.32. The van der Waals surface area contributed by atoms with Crippen molar-refractivity contribution in [2.75, 3.05) is 0 Å². The molecule has 6 heteroatoms.